The molecule has 1 atom stereocenters. The van der Waals surface area contributed by atoms with Crippen LogP contribution in [-0.4, -0.2) is 61.4 Å². The molecule has 0 spiro atoms. The predicted octanol–water partition coefficient (Wildman–Crippen LogP) is 2.10. The highest BCUT2D eigenvalue weighted by molar-refractivity contribution is 5.88. The molecule has 1 N–H and O–H groups in total. The van der Waals surface area contributed by atoms with Gasteiger partial charge in [-0.3, -0.25) is 14.5 Å². The van der Waals surface area contributed by atoms with Gasteiger partial charge in [-0.15, -0.1) is 0 Å². The molecule has 2 amide bonds. The van der Waals surface area contributed by atoms with Gasteiger partial charge in [-0.2, -0.15) is 0 Å². The zero-order valence-corrected chi connectivity index (χ0v) is 16.0. The first-order valence-electron chi connectivity index (χ1n) is 9.38. The normalized spacial score (nSPS) is 17.6. The Morgan fingerprint density at radius 1 is 1.07 bits per heavy atom. The summed E-state index contributed by atoms with van der Waals surface area (Å²) in [5.41, 5.74) is 2.43. The molecule has 0 saturated carbocycles. The van der Waals surface area contributed by atoms with E-state index in [1.807, 2.05) is 36.4 Å². The van der Waals surface area contributed by atoms with E-state index in [2.05, 4.69) is 34.5 Å². The van der Waals surface area contributed by atoms with E-state index in [9.17, 15) is 9.59 Å². The highest BCUT2D eigenvalue weighted by Gasteiger charge is 2.33. The number of amides is 2. The maximum atomic E-state index is 12.5. The van der Waals surface area contributed by atoms with E-state index in [1.165, 1.54) is 11.1 Å². The summed E-state index contributed by atoms with van der Waals surface area (Å²) in [6.45, 7) is 2.06. The summed E-state index contributed by atoms with van der Waals surface area (Å²) in [6, 6.07) is 20.3. The molecule has 3 rings (SSSR count). The van der Waals surface area contributed by atoms with Crippen molar-refractivity contribution < 1.29 is 9.59 Å². The van der Waals surface area contributed by atoms with Crippen molar-refractivity contribution in [3.8, 4) is 0 Å². The van der Waals surface area contributed by atoms with E-state index in [0.717, 1.165) is 6.54 Å². The van der Waals surface area contributed by atoms with Crippen molar-refractivity contribution in [3.63, 3.8) is 0 Å². The van der Waals surface area contributed by atoms with Crippen molar-refractivity contribution in [2.24, 2.45) is 0 Å². The van der Waals surface area contributed by atoms with Crippen LogP contribution in [-0.2, 0) is 9.59 Å². The first-order chi connectivity index (χ1) is 13.1. The van der Waals surface area contributed by atoms with Gasteiger partial charge in [0, 0.05) is 39.6 Å². The Morgan fingerprint density at radius 3 is 2.15 bits per heavy atom. The predicted molar refractivity (Wildman–Crippen MR) is 106 cm³/mol. The Hall–Kier alpha value is -2.66. The van der Waals surface area contributed by atoms with Gasteiger partial charge in [-0.1, -0.05) is 60.7 Å². The molecule has 142 valence electrons. The lowest BCUT2D eigenvalue weighted by atomic mass is 9.90. The van der Waals surface area contributed by atoms with Crippen LogP contribution >= 0.6 is 0 Å². The van der Waals surface area contributed by atoms with Crippen LogP contribution in [0, 0.1) is 0 Å². The number of benzene rings is 2. The number of nitrogens with one attached hydrogen (secondary N) is 1. The summed E-state index contributed by atoms with van der Waals surface area (Å²) >= 11 is 0. The molecule has 27 heavy (non-hydrogen) atoms. The summed E-state index contributed by atoms with van der Waals surface area (Å²) in [7, 11) is 3.45. The van der Waals surface area contributed by atoms with E-state index in [4.69, 9.17) is 0 Å². The minimum atomic E-state index is -0.427. The smallest absolute Gasteiger partial charge is 0.237 e. The molecule has 1 heterocycles. The third-order valence-electron chi connectivity index (χ3n) is 5.13. The fourth-order valence-corrected chi connectivity index (χ4v) is 3.56. The topological polar surface area (TPSA) is 52.7 Å². The molecule has 1 unspecified atom stereocenters. The lowest BCUT2D eigenvalue weighted by Crippen LogP contribution is -2.57. The van der Waals surface area contributed by atoms with E-state index >= 15 is 0 Å². The van der Waals surface area contributed by atoms with Gasteiger partial charge in [0.1, 0.15) is 0 Å². The Bertz CT molecular complexity index is 722. The fourth-order valence-electron chi connectivity index (χ4n) is 3.56. The van der Waals surface area contributed by atoms with Crippen LogP contribution in [0.3, 0.4) is 0 Å². The highest BCUT2D eigenvalue weighted by Crippen LogP contribution is 2.27. The second-order valence-corrected chi connectivity index (χ2v) is 7.17. The quantitative estimate of drug-likeness (QED) is 0.853. The summed E-state index contributed by atoms with van der Waals surface area (Å²) in [5.74, 6) is 0.0598. The van der Waals surface area contributed by atoms with Gasteiger partial charge in [-0.25, -0.2) is 0 Å². The van der Waals surface area contributed by atoms with Gasteiger partial charge in [-0.05, 0) is 11.1 Å². The molecule has 0 aliphatic carbocycles. The molecule has 0 aromatic heterocycles. The van der Waals surface area contributed by atoms with Gasteiger partial charge in [0.2, 0.25) is 11.8 Å². The van der Waals surface area contributed by atoms with Crippen LogP contribution in [0.15, 0.2) is 60.7 Å². The van der Waals surface area contributed by atoms with Crippen molar-refractivity contribution in [2.75, 3.05) is 33.7 Å². The molecule has 5 heteroatoms. The number of carbonyl (C=O) groups excluding carboxylic acids is 2. The third kappa shape index (κ3) is 4.74. The summed E-state index contributed by atoms with van der Waals surface area (Å²) < 4.78 is 0. The van der Waals surface area contributed by atoms with Gasteiger partial charge in [0.05, 0.1) is 12.5 Å². The Kier molecular flexibility index (Phi) is 6.24. The average Bonchev–Trinajstić information content (AvgIpc) is 2.69. The van der Waals surface area contributed by atoms with Crippen molar-refractivity contribution in [2.45, 2.75) is 18.4 Å². The number of nitrogens with zero attached hydrogens (tertiary/aromatic N) is 2. The van der Waals surface area contributed by atoms with Crippen LogP contribution in [0.2, 0.25) is 0 Å². The molecule has 0 bridgehead atoms. The summed E-state index contributed by atoms with van der Waals surface area (Å²) in [4.78, 5) is 28.4. The average molecular weight is 365 g/mol. The van der Waals surface area contributed by atoms with Crippen molar-refractivity contribution in [3.05, 3.63) is 71.8 Å². The van der Waals surface area contributed by atoms with Gasteiger partial charge in [0.15, 0.2) is 0 Å². The molecule has 5 nitrogen and oxygen atoms in total. The van der Waals surface area contributed by atoms with Crippen LogP contribution in [0.4, 0.5) is 0 Å². The van der Waals surface area contributed by atoms with Crippen LogP contribution in [0.5, 0.6) is 0 Å². The zero-order valence-electron chi connectivity index (χ0n) is 16.0. The molecule has 1 aliphatic heterocycles. The third-order valence-corrected chi connectivity index (χ3v) is 5.13. The largest absolute Gasteiger partial charge is 0.353 e. The SMILES string of the molecule is CN(C)C(=O)CC1C(=O)NCCN1CC(c1ccccc1)c1ccccc1. The zero-order chi connectivity index (χ0) is 19.2. The number of hydrogen-bond donors (Lipinski definition) is 1. The van der Waals surface area contributed by atoms with Crippen molar-refractivity contribution >= 4 is 11.8 Å². The minimum Gasteiger partial charge on any atom is -0.353 e. The van der Waals surface area contributed by atoms with Crippen LogP contribution in [0.25, 0.3) is 0 Å². The number of piperazine rings is 1. The second-order valence-electron chi connectivity index (χ2n) is 7.17. The lowest BCUT2D eigenvalue weighted by molar-refractivity contribution is -0.137. The van der Waals surface area contributed by atoms with E-state index in [-0.39, 0.29) is 24.2 Å². The lowest BCUT2D eigenvalue weighted by Gasteiger charge is -2.37. The molecular formula is C22H27N3O2. The fraction of sp³-hybridized carbons (Fsp3) is 0.364. The minimum absolute atomic E-state index is 0.0296. The van der Waals surface area contributed by atoms with Gasteiger partial charge >= 0.3 is 0 Å². The maximum Gasteiger partial charge on any atom is 0.237 e. The Morgan fingerprint density at radius 2 is 1.63 bits per heavy atom. The molecule has 2 aromatic carbocycles. The second kappa shape index (κ2) is 8.82. The molecule has 1 saturated heterocycles. The number of carbonyl (C=O) groups is 2. The van der Waals surface area contributed by atoms with E-state index in [0.29, 0.717) is 13.1 Å². The Balaban J connectivity index is 1.87. The molecule has 1 fully saturated rings. The van der Waals surface area contributed by atoms with E-state index < -0.39 is 6.04 Å². The summed E-state index contributed by atoms with van der Waals surface area (Å²) in [6.07, 6.45) is 0.204. The number of rotatable bonds is 6. The van der Waals surface area contributed by atoms with Crippen molar-refractivity contribution in [1.29, 1.82) is 0 Å². The first kappa shape index (κ1) is 19.1. The first-order valence-corrected chi connectivity index (χ1v) is 9.38. The highest BCUT2D eigenvalue weighted by atomic mass is 16.2. The Labute approximate surface area is 161 Å². The number of hydrogen-bond acceptors (Lipinski definition) is 3. The van der Waals surface area contributed by atoms with Crippen molar-refractivity contribution in [1.82, 2.24) is 15.1 Å². The van der Waals surface area contributed by atoms with E-state index in [1.54, 1.807) is 19.0 Å². The molecular weight excluding hydrogens is 338 g/mol. The van der Waals surface area contributed by atoms with Crippen LogP contribution in [0.1, 0.15) is 23.5 Å². The maximum absolute atomic E-state index is 12.5. The summed E-state index contributed by atoms with van der Waals surface area (Å²) in [5, 5.41) is 2.91. The molecule has 0 radical (unpaired) electrons. The van der Waals surface area contributed by atoms with Gasteiger partial charge < -0.3 is 10.2 Å². The molecule has 1 aliphatic rings. The van der Waals surface area contributed by atoms with Gasteiger partial charge in [0.25, 0.3) is 0 Å². The standard InChI is InChI=1S/C22H27N3O2/c1-24(2)21(26)15-20-22(27)23-13-14-25(20)16-19(17-9-5-3-6-10-17)18-11-7-4-8-12-18/h3-12,19-20H,13-16H2,1-2H3,(H,23,27). The monoisotopic (exact) mass is 365 g/mol. The van der Waals surface area contributed by atoms with Crippen LogP contribution < -0.4 is 5.32 Å². The molecule has 2 aromatic rings.